The number of aldehydes is 1. The summed E-state index contributed by atoms with van der Waals surface area (Å²) in [6.45, 7) is 21.3. The molecule has 0 spiro atoms. The second kappa shape index (κ2) is 5.83. The predicted octanol–water partition coefficient (Wildman–Crippen LogP) is 4.25. The second-order valence-corrected chi connectivity index (χ2v) is 39.2. The molecule has 21 heavy (non-hydrogen) atoms. The minimum absolute atomic E-state index is 0.0903. The van der Waals surface area contributed by atoms with E-state index < -0.39 is 31.1 Å². The maximum atomic E-state index is 11.0. The van der Waals surface area contributed by atoms with Gasteiger partial charge in [0.25, 0.3) is 0 Å². The van der Waals surface area contributed by atoms with Gasteiger partial charge in [-0.2, -0.15) is 0 Å². The van der Waals surface area contributed by atoms with E-state index in [-0.39, 0.29) is 5.60 Å². The van der Waals surface area contributed by atoms with Crippen molar-refractivity contribution in [3.8, 4) is 0 Å². The Morgan fingerprint density at radius 2 is 1.71 bits per heavy atom. The van der Waals surface area contributed by atoms with Crippen LogP contribution in [0.1, 0.15) is 20.3 Å². The van der Waals surface area contributed by atoms with E-state index in [4.69, 9.17) is 8.54 Å². The Hall–Kier alpha value is 0.458. The standard InChI is InChI=1S/C14H34O3Si4/c1-14(2)13-19(6,7)20(8,9)21(16-14,12-10-11-15)17-18(3,4)5/h11H,10,12-13H2,1-9H3. The fourth-order valence-corrected chi connectivity index (χ4v) is 43.2. The summed E-state index contributed by atoms with van der Waals surface area (Å²) < 4.78 is 13.6. The molecule has 1 rings (SSSR count). The molecule has 0 saturated carbocycles. The van der Waals surface area contributed by atoms with Crippen molar-refractivity contribution in [2.45, 2.75) is 83.8 Å². The molecular weight excluding hydrogens is 328 g/mol. The molecule has 1 saturated heterocycles. The minimum atomic E-state index is -2.31. The third kappa shape index (κ3) is 4.06. The highest BCUT2D eigenvalue weighted by atomic mass is 29.7. The summed E-state index contributed by atoms with van der Waals surface area (Å²) in [6, 6.07) is 2.07. The Bertz CT molecular complexity index is 398. The molecule has 0 bridgehead atoms. The zero-order valence-electron chi connectivity index (χ0n) is 15.4. The summed E-state index contributed by atoms with van der Waals surface area (Å²) in [7, 11) is -7.02. The van der Waals surface area contributed by atoms with Crippen LogP contribution < -0.4 is 0 Å². The number of carbonyl (C=O) groups is 1. The SMILES string of the molecule is CC1(C)C[Si](C)(C)[Si](C)(C)[Si](CCC=O)(O[Si](C)(C)C)O1. The monoisotopic (exact) mass is 362 g/mol. The molecule has 0 amide bonds. The van der Waals surface area contributed by atoms with Gasteiger partial charge in [-0.3, -0.25) is 0 Å². The molecule has 1 fully saturated rings. The predicted molar refractivity (Wildman–Crippen MR) is 101 cm³/mol. The highest BCUT2D eigenvalue weighted by Gasteiger charge is 2.67. The van der Waals surface area contributed by atoms with Crippen LogP contribution in [0.4, 0.5) is 0 Å². The van der Waals surface area contributed by atoms with E-state index in [1.54, 1.807) is 0 Å². The quantitative estimate of drug-likeness (QED) is 0.541. The average Bonchev–Trinajstić information content (AvgIpc) is 2.19. The van der Waals surface area contributed by atoms with Gasteiger partial charge in [-0.25, -0.2) is 0 Å². The average molecular weight is 363 g/mol. The summed E-state index contributed by atoms with van der Waals surface area (Å²) in [6.07, 6.45) is 1.64. The first-order valence-corrected chi connectivity index (χ1v) is 21.7. The summed E-state index contributed by atoms with van der Waals surface area (Å²) in [5, 5.41) is 0. The lowest BCUT2D eigenvalue weighted by Crippen LogP contribution is -2.82. The van der Waals surface area contributed by atoms with Gasteiger partial charge in [0.2, 0.25) is 0 Å². The van der Waals surface area contributed by atoms with Gasteiger partial charge in [0.1, 0.15) is 13.4 Å². The molecule has 124 valence electrons. The number of hydrogen-bond donors (Lipinski definition) is 0. The Labute approximate surface area is 134 Å². The fourth-order valence-electron chi connectivity index (χ4n) is 3.72. The molecule has 3 nitrogen and oxygen atoms in total. The fraction of sp³-hybridized carbons (Fsp3) is 0.929. The molecule has 0 aromatic rings. The molecule has 0 aliphatic carbocycles. The molecule has 1 aliphatic heterocycles. The highest BCUT2D eigenvalue weighted by Crippen LogP contribution is 2.47. The van der Waals surface area contributed by atoms with Crippen molar-refractivity contribution in [3.63, 3.8) is 0 Å². The molecular formula is C14H34O3Si4. The van der Waals surface area contributed by atoms with Gasteiger partial charge in [-0.05, 0) is 45.6 Å². The van der Waals surface area contributed by atoms with E-state index >= 15 is 0 Å². The topological polar surface area (TPSA) is 35.5 Å². The van der Waals surface area contributed by atoms with E-state index in [0.29, 0.717) is 6.42 Å². The molecule has 1 aliphatic rings. The Morgan fingerprint density at radius 3 is 2.14 bits per heavy atom. The lowest BCUT2D eigenvalue weighted by molar-refractivity contribution is -0.107. The molecule has 0 radical (unpaired) electrons. The van der Waals surface area contributed by atoms with Crippen LogP contribution in [0, 0.1) is 0 Å². The maximum absolute atomic E-state index is 11.0. The third-order valence-electron chi connectivity index (χ3n) is 5.02. The van der Waals surface area contributed by atoms with E-state index in [1.165, 1.54) is 6.04 Å². The minimum Gasteiger partial charge on any atom is -0.439 e. The third-order valence-corrected chi connectivity index (χ3v) is 45.5. The van der Waals surface area contributed by atoms with Crippen molar-refractivity contribution >= 4 is 37.4 Å². The summed E-state index contributed by atoms with van der Waals surface area (Å²) in [5.41, 5.74) is -0.0903. The zero-order chi connectivity index (χ0) is 16.7. The highest BCUT2D eigenvalue weighted by molar-refractivity contribution is 7.67. The molecule has 1 heterocycles. The van der Waals surface area contributed by atoms with Gasteiger partial charge in [0.05, 0.1) is 5.60 Å². The first kappa shape index (κ1) is 19.5. The lowest BCUT2D eigenvalue weighted by Gasteiger charge is -2.60. The van der Waals surface area contributed by atoms with E-state index in [9.17, 15) is 4.79 Å². The van der Waals surface area contributed by atoms with Gasteiger partial charge in [0.15, 0.2) is 8.32 Å². The first-order chi connectivity index (χ1) is 9.18. The second-order valence-electron chi connectivity index (χ2n) is 9.22. The van der Waals surface area contributed by atoms with E-state index in [1.807, 2.05) is 0 Å². The largest absolute Gasteiger partial charge is 0.439 e. The van der Waals surface area contributed by atoms with Crippen LogP contribution in [0.5, 0.6) is 0 Å². The van der Waals surface area contributed by atoms with Crippen LogP contribution in [0.15, 0.2) is 0 Å². The van der Waals surface area contributed by atoms with Gasteiger partial charge in [0, 0.05) is 14.0 Å². The summed E-state index contributed by atoms with van der Waals surface area (Å²) >= 11 is 0. The van der Waals surface area contributed by atoms with Crippen LogP contribution in [0.3, 0.4) is 0 Å². The number of rotatable bonds is 5. The summed E-state index contributed by atoms with van der Waals surface area (Å²) in [4.78, 5) is 11.0. The molecule has 0 aromatic heterocycles. The zero-order valence-corrected chi connectivity index (χ0v) is 19.4. The Balaban J connectivity index is 3.37. The van der Waals surface area contributed by atoms with Crippen LogP contribution in [0.25, 0.3) is 0 Å². The van der Waals surface area contributed by atoms with Crippen LogP contribution in [-0.2, 0) is 13.3 Å². The van der Waals surface area contributed by atoms with Crippen molar-refractivity contribution in [3.05, 3.63) is 0 Å². The van der Waals surface area contributed by atoms with Gasteiger partial charge in [-0.1, -0.05) is 26.2 Å². The van der Waals surface area contributed by atoms with Crippen LogP contribution in [-0.4, -0.2) is 43.0 Å². The van der Waals surface area contributed by atoms with Crippen molar-refractivity contribution in [2.24, 2.45) is 0 Å². The van der Waals surface area contributed by atoms with Crippen molar-refractivity contribution in [1.29, 1.82) is 0 Å². The van der Waals surface area contributed by atoms with Gasteiger partial charge < -0.3 is 13.3 Å². The lowest BCUT2D eigenvalue weighted by atomic mass is 10.2. The normalized spacial score (nSPS) is 30.9. The molecule has 0 aromatic carbocycles. The Morgan fingerprint density at radius 1 is 1.19 bits per heavy atom. The van der Waals surface area contributed by atoms with Crippen molar-refractivity contribution < 1.29 is 13.3 Å². The van der Waals surface area contributed by atoms with Crippen LogP contribution >= 0.6 is 0 Å². The molecule has 7 heteroatoms. The number of carbonyl (C=O) groups excluding carboxylic acids is 1. The maximum Gasteiger partial charge on any atom is 0.304 e. The molecule has 1 unspecified atom stereocenters. The summed E-state index contributed by atoms with van der Waals surface area (Å²) in [5.74, 6) is 0. The van der Waals surface area contributed by atoms with Gasteiger partial charge >= 0.3 is 8.08 Å². The molecule has 0 N–H and O–H groups in total. The molecule has 1 atom stereocenters. The van der Waals surface area contributed by atoms with E-state index in [2.05, 4.69) is 59.7 Å². The smallest absolute Gasteiger partial charge is 0.304 e. The van der Waals surface area contributed by atoms with Crippen molar-refractivity contribution in [2.75, 3.05) is 0 Å². The van der Waals surface area contributed by atoms with Gasteiger partial charge in [-0.15, -0.1) is 0 Å². The number of hydrogen-bond acceptors (Lipinski definition) is 3. The van der Waals surface area contributed by atoms with Crippen molar-refractivity contribution in [1.82, 2.24) is 0 Å². The Kier molecular flexibility index (Phi) is 5.41. The first-order valence-electron chi connectivity index (χ1n) is 8.02. The van der Waals surface area contributed by atoms with Crippen LogP contribution in [0.2, 0.25) is 57.9 Å². The van der Waals surface area contributed by atoms with E-state index in [0.717, 1.165) is 12.3 Å².